The Balaban J connectivity index is 1.42. The van der Waals surface area contributed by atoms with Crippen LogP contribution in [0, 0.1) is 6.92 Å². The molecule has 2 aliphatic heterocycles. The molecule has 0 saturated heterocycles. The van der Waals surface area contributed by atoms with Crippen LogP contribution in [0.3, 0.4) is 0 Å². The Morgan fingerprint density at radius 1 is 1.00 bits per heavy atom. The summed E-state index contributed by atoms with van der Waals surface area (Å²) in [7, 11) is 0. The van der Waals surface area contributed by atoms with Gasteiger partial charge in [0.2, 0.25) is 18.6 Å². The lowest BCUT2D eigenvalue weighted by Gasteiger charge is -2.32. The summed E-state index contributed by atoms with van der Waals surface area (Å²) in [6, 6.07) is 18.5. The van der Waals surface area contributed by atoms with Crippen LogP contribution in [0.4, 0.5) is 11.4 Å². The predicted octanol–water partition coefficient (Wildman–Crippen LogP) is 3.70. The van der Waals surface area contributed by atoms with Gasteiger partial charge in [-0.2, -0.15) is 0 Å². The molecule has 3 amide bonds. The van der Waals surface area contributed by atoms with Gasteiger partial charge in [0.25, 0.3) is 11.7 Å². The van der Waals surface area contributed by atoms with Gasteiger partial charge in [-0.05, 0) is 48.7 Å². The average Bonchev–Trinajstić information content (AvgIpc) is 3.48. The van der Waals surface area contributed by atoms with E-state index in [0.29, 0.717) is 29.3 Å². The quantitative estimate of drug-likeness (QED) is 0.461. The highest BCUT2D eigenvalue weighted by atomic mass is 16.7. The molecule has 0 radical (unpaired) electrons. The summed E-state index contributed by atoms with van der Waals surface area (Å²) in [5.41, 5.74) is 3.01. The molecule has 2 heterocycles. The molecule has 3 aromatic rings. The fourth-order valence-electron chi connectivity index (χ4n) is 4.72. The molecule has 1 atom stereocenters. The zero-order valence-electron chi connectivity index (χ0n) is 21.1. The Morgan fingerprint density at radius 3 is 2.53 bits per heavy atom. The lowest BCUT2D eigenvalue weighted by atomic mass is 10.1. The van der Waals surface area contributed by atoms with Crippen molar-refractivity contribution >= 4 is 34.9 Å². The van der Waals surface area contributed by atoms with Crippen LogP contribution in [0.25, 0.3) is 0 Å². The van der Waals surface area contributed by atoms with E-state index in [9.17, 15) is 19.2 Å². The minimum absolute atomic E-state index is 0.115. The topological polar surface area (TPSA) is 105 Å². The van der Waals surface area contributed by atoms with Crippen LogP contribution in [0.5, 0.6) is 11.5 Å². The van der Waals surface area contributed by atoms with Crippen LogP contribution < -0.4 is 19.7 Å². The number of aryl methyl sites for hydroxylation is 1. The van der Waals surface area contributed by atoms with Crippen molar-refractivity contribution in [2.24, 2.45) is 0 Å². The Hall–Kier alpha value is -4.66. The number of Topliss-reactive ketones (excluding diaryl/α,β-unsaturated/α-hetero) is 1. The molecule has 38 heavy (non-hydrogen) atoms. The van der Waals surface area contributed by atoms with Gasteiger partial charge in [0.15, 0.2) is 11.5 Å². The Bertz CT molecular complexity index is 1440. The third kappa shape index (κ3) is 4.70. The van der Waals surface area contributed by atoms with Crippen LogP contribution >= 0.6 is 0 Å². The summed E-state index contributed by atoms with van der Waals surface area (Å²) >= 11 is 0. The molecular formula is C29H27N3O6. The Kier molecular flexibility index (Phi) is 6.83. The van der Waals surface area contributed by atoms with Crippen LogP contribution in [0.2, 0.25) is 0 Å². The number of ketones is 1. The second-order valence-corrected chi connectivity index (χ2v) is 9.17. The smallest absolute Gasteiger partial charge is 0.299 e. The molecule has 9 heteroatoms. The number of para-hydroxylation sites is 1. The number of carbonyl (C=O) groups is 4. The molecule has 0 aliphatic carbocycles. The van der Waals surface area contributed by atoms with Gasteiger partial charge in [-0.15, -0.1) is 0 Å². The van der Waals surface area contributed by atoms with E-state index in [4.69, 9.17) is 9.47 Å². The number of anilines is 2. The molecule has 3 aromatic carbocycles. The third-order valence-electron chi connectivity index (χ3n) is 6.80. The highest BCUT2D eigenvalue weighted by Gasteiger charge is 2.38. The Morgan fingerprint density at radius 2 is 1.74 bits per heavy atom. The predicted molar refractivity (Wildman–Crippen MR) is 140 cm³/mol. The molecule has 1 unspecified atom stereocenters. The van der Waals surface area contributed by atoms with E-state index >= 15 is 0 Å². The average molecular weight is 514 g/mol. The first-order valence-electron chi connectivity index (χ1n) is 12.4. The van der Waals surface area contributed by atoms with Crippen molar-refractivity contribution in [1.82, 2.24) is 4.90 Å². The summed E-state index contributed by atoms with van der Waals surface area (Å²) in [5, 5.41) is 2.88. The first kappa shape index (κ1) is 25.0. The molecule has 2 aliphatic rings. The van der Waals surface area contributed by atoms with Crippen LogP contribution in [-0.4, -0.2) is 47.8 Å². The van der Waals surface area contributed by atoms with Crippen molar-refractivity contribution in [1.29, 1.82) is 0 Å². The van der Waals surface area contributed by atoms with E-state index in [-0.39, 0.29) is 31.4 Å². The normalized spacial score (nSPS) is 14.3. The SMILES string of the molecule is CCC(C(=O)Nc1ccc2c(c1)OCO2)N(Cc1ccccc1C)C(=O)CN1C(=O)C(=O)c2ccccc21. The summed E-state index contributed by atoms with van der Waals surface area (Å²) in [5.74, 6) is -1.10. The maximum absolute atomic E-state index is 13.8. The van der Waals surface area contributed by atoms with Gasteiger partial charge in [0.1, 0.15) is 12.6 Å². The van der Waals surface area contributed by atoms with Crippen molar-refractivity contribution in [2.45, 2.75) is 32.9 Å². The molecule has 0 spiro atoms. The second-order valence-electron chi connectivity index (χ2n) is 9.17. The van der Waals surface area contributed by atoms with E-state index in [1.807, 2.05) is 38.1 Å². The number of ether oxygens (including phenoxy) is 2. The molecule has 0 aromatic heterocycles. The first-order chi connectivity index (χ1) is 18.4. The number of carbonyl (C=O) groups excluding carboxylic acids is 4. The lowest BCUT2D eigenvalue weighted by molar-refractivity contribution is -0.138. The maximum atomic E-state index is 13.8. The Labute approximate surface area is 219 Å². The summed E-state index contributed by atoms with van der Waals surface area (Å²) in [6.45, 7) is 3.67. The van der Waals surface area contributed by atoms with Crippen molar-refractivity contribution in [3.05, 3.63) is 83.4 Å². The number of hydrogen-bond donors (Lipinski definition) is 1. The monoisotopic (exact) mass is 513 g/mol. The summed E-state index contributed by atoms with van der Waals surface area (Å²) in [4.78, 5) is 55.2. The fourth-order valence-corrected chi connectivity index (χ4v) is 4.72. The number of rotatable bonds is 8. The molecule has 0 fully saturated rings. The van der Waals surface area contributed by atoms with Gasteiger partial charge in [-0.25, -0.2) is 0 Å². The zero-order valence-corrected chi connectivity index (χ0v) is 21.1. The molecule has 5 rings (SSSR count). The third-order valence-corrected chi connectivity index (χ3v) is 6.80. The number of benzene rings is 3. The minimum atomic E-state index is -0.837. The molecule has 9 nitrogen and oxygen atoms in total. The maximum Gasteiger partial charge on any atom is 0.299 e. The summed E-state index contributed by atoms with van der Waals surface area (Å²) in [6.07, 6.45) is 0.331. The van der Waals surface area contributed by atoms with Crippen LogP contribution in [-0.2, 0) is 20.9 Å². The molecule has 194 valence electrons. The second kappa shape index (κ2) is 10.4. The van der Waals surface area contributed by atoms with Crippen molar-refractivity contribution in [2.75, 3.05) is 23.6 Å². The van der Waals surface area contributed by atoms with Crippen molar-refractivity contribution in [3.63, 3.8) is 0 Å². The number of fused-ring (bicyclic) bond motifs is 2. The standard InChI is InChI=1S/C29H27N3O6/c1-3-22(28(35)30-20-12-13-24-25(14-20)38-17-37-24)31(15-19-9-5-4-8-18(19)2)26(33)16-32-23-11-7-6-10-21(23)27(34)29(32)36/h4-14,22H,3,15-17H2,1-2H3,(H,30,35). The van der Waals surface area contributed by atoms with E-state index < -0.39 is 23.6 Å². The van der Waals surface area contributed by atoms with Crippen molar-refractivity contribution < 1.29 is 28.7 Å². The van der Waals surface area contributed by atoms with E-state index in [1.165, 1.54) is 9.80 Å². The van der Waals surface area contributed by atoms with Gasteiger partial charge >= 0.3 is 0 Å². The highest BCUT2D eigenvalue weighted by molar-refractivity contribution is 6.52. The van der Waals surface area contributed by atoms with E-state index in [0.717, 1.165) is 11.1 Å². The van der Waals surface area contributed by atoms with Crippen molar-refractivity contribution in [3.8, 4) is 11.5 Å². The first-order valence-corrected chi connectivity index (χ1v) is 12.4. The molecule has 0 bridgehead atoms. The van der Waals surface area contributed by atoms with Gasteiger partial charge in [0.05, 0.1) is 11.3 Å². The van der Waals surface area contributed by atoms with E-state index in [1.54, 1.807) is 42.5 Å². The largest absolute Gasteiger partial charge is 0.454 e. The summed E-state index contributed by atoms with van der Waals surface area (Å²) < 4.78 is 10.7. The fraction of sp³-hybridized carbons (Fsp3) is 0.241. The lowest BCUT2D eigenvalue weighted by Crippen LogP contribution is -2.50. The van der Waals surface area contributed by atoms with Gasteiger partial charge < -0.3 is 19.7 Å². The van der Waals surface area contributed by atoms with Gasteiger partial charge in [-0.1, -0.05) is 43.3 Å². The van der Waals surface area contributed by atoms with Crippen LogP contribution in [0.15, 0.2) is 66.7 Å². The zero-order chi connectivity index (χ0) is 26.8. The number of nitrogens with zero attached hydrogens (tertiary/aromatic N) is 2. The number of amides is 3. The van der Waals surface area contributed by atoms with E-state index in [2.05, 4.69) is 5.32 Å². The molecule has 1 N–H and O–H groups in total. The van der Waals surface area contributed by atoms with Crippen LogP contribution in [0.1, 0.15) is 34.8 Å². The number of nitrogens with one attached hydrogen (secondary N) is 1. The van der Waals surface area contributed by atoms with Gasteiger partial charge in [-0.3, -0.25) is 24.1 Å². The van der Waals surface area contributed by atoms with Gasteiger partial charge in [0, 0.05) is 18.3 Å². The molecule has 0 saturated carbocycles. The highest BCUT2D eigenvalue weighted by Crippen LogP contribution is 2.34. The minimum Gasteiger partial charge on any atom is -0.454 e. The molecular weight excluding hydrogens is 486 g/mol. The number of hydrogen-bond acceptors (Lipinski definition) is 6.